The van der Waals surface area contributed by atoms with Gasteiger partial charge in [0.25, 0.3) is 5.91 Å². The summed E-state index contributed by atoms with van der Waals surface area (Å²) in [7, 11) is 1.46. The molecule has 5 aliphatic rings. The molecule has 4 saturated heterocycles. The smallest absolute Gasteiger partial charge is 0.264 e. The number of Topliss-reactive ketones (excluding diaryl/α,β-unsaturated/α-hetero) is 1. The molecule has 0 aromatic rings. The van der Waals surface area contributed by atoms with Crippen molar-refractivity contribution < 1.29 is 43.5 Å². The third kappa shape index (κ3) is 5.50. The van der Waals surface area contributed by atoms with Crippen LogP contribution in [-0.4, -0.2) is 94.4 Å². The molecule has 5 rings (SSSR count). The van der Waals surface area contributed by atoms with Crippen LogP contribution in [0.25, 0.3) is 0 Å². The number of carbonyl (C=O) groups is 3. The molecule has 11 nitrogen and oxygen atoms in total. The SMILES string of the molecule is CNC(=O)[C@H](C)[C@H]1C(=O)/C(=C(O)/C=C/C(C)=C\[C@H](C)[C@H]2O[C@]3(C)O[C@@H](C=C[C@@]34CO4)[C@H]2C)C(=O)N1[C@@H]1CC[C@H](O)[C@H](C)O1. The summed E-state index contributed by atoms with van der Waals surface area (Å²) in [5.41, 5.74) is -0.127. The number of carbonyl (C=O) groups excluding carboxylic acids is 3. The summed E-state index contributed by atoms with van der Waals surface area (Å²) in [4.78, 5) is 41.1. The Hall–Kier alpha value is -2.83. The van der Waals surface area contributed by atoms with Crippen LogP contribution in [0, 0.1) is 17.8 Å². The lowest BCUT2D eigenvalue weighted by molar-refractivity contribution is -0.346. The Balaban J connectivity index is 1.36. The topological polar surface area (TPSA) is 147 Å². The van der Waals surface area contributed by atoms with Gasteiger partial charge in [-0.15, -0.1) is 0 Å². The van der Waals surface area contributed by atoms with Gasteiger partial charge in [0, 0.05) is 18.9 Å². The maximum Gasteiger partial charge on any atom is 0.264 e. The molecule has 0 radical (unpaired) electrons. The van der Waals surface area contributed by atoms with Crippen LogP contribution in [0.5, 0.6) is 0 Å². The monoisotopic (exact) mass is 600 g/mol. The van der Waals surface area contributed by atoms with Crippen molar-refractivity contribution in [3.05, 3.63) is 47.3 Å². The largest absolute Gasteiger partial charge is 0.507 e. The summed E-state index contributed by atoms with van der Waals surface area (Å²) in [5.74, 6) is -3.93. The van der Waals surface area contributed by atoms with E-state index in [1.165, 1.54) is 18.0 Å². The molecule has 2 amide bonds. The third-order valence-electron chi connectivity index (χ3n) is 9.67. The molecule has 0 aliphatic carbocycles. The second-order valence-electron chi connectivity index (χ2n) is 12.7. The van der Waals surface area contributed by atoms with Crippen molar-refractivity contribution >= 4 is 17.6 Å². The van der Waals surface area contributed by atoms with E-state index in [2.05, 4.69) is 31.3 Å². The second kappa shape index (κ2) is 11.6. The number of hydrogen-bond acceptors (Lipinski definition) is 9. The van der Waals surface area contributed by atoms with Gasteiger partial charge in [0.15, 0.2) is 11.4 Å². The fraction of sp³-hybridized carbons (Fsp3) is 0.656. The maximum atomic E-state index is 13.6. The standard InChI is InChI=1S/C32H44N2O9/c1-16(14-17(2)28-18(3)23-12-13-32(15-40-32)31(6,42-23)43-28)8-9-22(36)25-27(37)26(19(4)29(38)33-7)34(30(25)39)24-11-10-21(35)20(5)41-24/h8-9,12-14,17-21,23-24,26,28,35-36H,10-11,15H2,1-7H3,(H,33,38)/b9-8+,16-14-,25-22+/t17-,18+,19+,20-,21-,23-,24-,26-,28+,31-,32+/m0/s1. The van der Waals surface area contributed by atoms with E-state index >= 15 is 0 Å². The Labute approximate surface area is 252 Å². The molecule has 0 saturated carbocycles. The number of epoxide rings is 1. The minimum Gasteiger partial charge on any atom is -0.507 e. The zero-order valence-corrected chi connectivity index (χ0v) is 25.9. The number of likely N-dealkylation sites (tertiary alicyclic amines) is 1. The predicted octanol–water partition coefficient (Wildman–Crippen LogP) is 2.46. The van der Waals surface area contributed by atoms with Crippen molar-refractivity contribution in [2.75, 3.05) is 13.7 Å². The highest BCUT2D eigenvalue weighted by molar-refractivity contribution is 6.27. The lowest BCUT2D eigenvalue weighted by atomic mass is 9.82. The molecule has 11 heteroatoms. The van der Waals surface area contributed by atoms with Gasteiger partial charge in [-0.2, -0.15) is 0 Å². The Morgan fingerprint density at radius 3 is 2.51 bits per heavy atom. The number of hydrogen-bond donors (Lipinski definition) is 3. The lowest BCUT2D eigenvalue weighted by Gasteiger charge is -2.51. The zero-order chi connectivity index (χ0) is 31.4. The normalized spacial score (nSPS) is 42.0. The Morgan fingerprint density at radius 1 is 1.19 bits per heavy atom. The van der Waals surface area contributed by atoms with Crippen molar-refractivity contribution in [1.82, 2.24) is 10.2 Å². The Kier molecular flexibility index (Phi) is 8.51. The van der Waals surface area contributed by atoms with E-state index in [1.807, 2.05) is 19.9 Å². The molecule has 5 heterocycles. The van der Waals surface area contributed by atoms with Crippen LogP contribution >= 0.6 is 0 Å². The molecule has 43 heavy (non-hydrogen) atoms. The van der Waals surface area contributed by atoms with Crippen LogP contribution in [0.15, 0.2) is 47.3 Å². The zero-order valence-electron chi connectivity index (χ0n) is 25.9. The van der Waals surface area contributed by atoms with Gasteiger partial charge in [-0.3, -0.25) is 14.4 Å². The minimum atomic E-state index is -1.15. The van der Waals surface area contributed by atoms with E-state index in [1.54, 1.807) is 19.9 Å². The molecule has 5 aliphatic heterocycles. The van der Waals surface area contributed by atoms with Crippen molar-refractivity contribution in [2.24, 2.45) is 17.8 Å². The fourth-order valence-electron chi connectivity index (χ4n) is 6.82. The summed E-state index contributed by atoms with van der Waals surface area (Å²) >= 11 is 0. The van der Waals surface area contributed by atoms with Crippen molar-refractivity contribution in [2.45, 2.75) is 102 Å². The lowest BCUT2D eigenvalue weighted by Crippen LogP contribution is -2.61. The van der Waals surface area contributed by atoms with Crippen molar-refractivity contribution in [1.29, 1.82) is 0 Å². The minimum absolute atomic E-state index is 0.0220. The Bertz CT molecular complexity index is 1280. The van der Waals surface area contributed by atoms with Gasteiger partial charge < -0.3 is 39.4 Å². The van der Waals surface area contributed by atoms with Crippen LogP contribution in [0.3, 0.4) is 0 Å². The summed E-state index contributed by atoms with van der Waals surface area (Å²) in [6, 6.07) is -1.15. The van der Waals surface area contributed by atoms with Gasteiger partial charge >= 0.3 is 0 Å². The number of fused-ring (bicyclic) bond motifs is 3. The van der Waals surface area contributed by atoms with Crippen molar-refractivity contribution in [3.8, 4) is 0 Å². The van der Waals surface area contributed by atoms with Crippen LogP contribution in [0.1, 0.15) is 54.4 Å². The molecule has 0 unspecified atom stereocenters. The number of rotatable bonds is 7. The molecule has 236 valence electrons. The molecule has 1 spiro atoms. The number of nitrogens with one attached hydrogen (secondary N) is 1. The molecular weight excluding hydrogens is 556 g/mol. The van der Waals surface area contributed by atoms with E-state index in [-0.39, 0.29) is 29.6 Å². The average molecular weight is 601 g/mol. The number of ether oxygens (including phenoxy) is 4. The summed E-state index contributed by atoms with van der Waals surface area (Å²) in [5, 5.41) is 23.7. The first-order chi connectivity index (χ1) is 20.2. The number of nitrogens with zero attached hydrogens (tertiary/aromatic N) is 1. The third-order valence-corrected chi connectivity index (χ3v) is 9.67. The second-order valence-corrected chi connectivity index (χ2v) is 12.7. The van der Waals surface area contributed by atoms with Gasteiger partial charge in [0.1, 0.15) is 23.6 Å². The summed E-state index contributed by atoms with van der Waals surface area (Å²) in [6.07, 6.45) is 7.46. The average Bonchev–Trinajstić information content (AvgIpc) is 3.71. The van der Waals surface area contributed by atoms with Crippen LogP contribution in [-0.2, 0) is 33.3 Å². The van der Waals surface area contributed by atoms with Crippen LogP contribution < -0.4 is 5.32 Å². The van der Waals surface area contributed by atoms with E-state index < -0.39 is 65.1 Å². The highest BCUT2D eigenvalue weighted by Gasteiger charge is 2.66. The van der Waals surface area contributed by atoms with Gasteiger partial charge in [-0.1, -0.05) is 44.6 Å². The van der Waals surface area contributed by atoms with E-state index in [9.17, 15) is 24.6 Å². The molecule has 2 bridgehead atoms. The van der Waals surface area contributed by atoms with E-state index in [4.69, 9.17) is 18.9 Å². The number of aliphatic hydroxyl groups excluding tert-OH is 2. The fourth-order valence-corrected chi connectivity index (χ4v) is 6.82. The van der Waals surface area contributed by atoms with E-state index in [0.29, 0.717) is 19.4 Å². The van der Waals surface area contributed by atoms with Gasteiger partial charge in [0.05, 0.1) is 36.9 Å². The van der Waals surface area contributed by atoms with E-state index in [0.717, 1.165) is 5.57 Å². The predicted molar refractivity (Wildman–Crippen MR) is 155 cm³/mol. The highest BCUT2D eigenvalue weighted by atomic mass is 16.8. The quantitative estimate of drug-likeness (QED) is 0.100. The van der Waals surface area contributed by atoms with Crippen LogP contribution in [0.4, 0.5) is 0 Å². The first-order valence-electron chi connectivity index (χ1n) is 15.1. The molecule has 3 N–H and O–H groups in total. The molecule has 11 atom stereocenters. The number of ketones is 1. The Morgan fingerprint density at radius 2 is 1.88 bits per heavy atom. The van der Waals surface area contributed by atoms with Gasteiger partial charge in [-0.25, -0.2) is 0 Å². The maximum absolute atomic E-state index is 13.6. The summed E-state index contributed by atoms with van der Waals surface area (Å²) < 4.78 is 24.3. The first kappa shape index (κ1) is 31.6. The number of amides is 2. The van der Waals surface area contributed by atoms with Gasteiger partial charge in [0.2, 0.25) is 11.7 Å². The molecule has 0 aromatic carbocycles. The number of allylic oxidation sites excluding steroid dienone is 3. The number of aliphatic hydroxyl groups is 2. The van der Waals surface area contributed by atoms with Gasteiger partial charge in [-0.05, 0) is 45.8 Å². The summed E-state index contributed by atoms with van der Waals surface area (Å²) in [6.45, 7) is 11.7. The first-order valence-corrected chi connectivity index (χ1v) is 15.1. The van der Waals surface area contributed by atoms with Crippen molar-refractivity contribution in [3.63, 3.8) is 0 Å². The molecular formula is C32H44N2O9. The molecule has 0 aromatic heterocycles. The highest BCUT2D eigenvalue weighted by Crippen LogP contribution is 2.52. The van der Waals surface area contributed by atoms with Crippen LogP contribution in [0.2, 0.25) is 0 Å². The molecule has 4 fully saturated rings.